The molecule has 0 saturated carbocycles. The minimum atomic E-state index is -0.613. The molecule has 1 aliphatic rings. The Morgan fingerprint density at radius 2 is 2.35 bits per heavy atom. The van der Waals surface area contributed by atoms with Crippen LogP contribution < -0.4 is 0 Å². The number of ether oxygens (including phenoxy) is 1. The van der Waals surface area contributed by atoms with Crippen LogP contribution >= 0.6 is 11.3 Å². The monoisotopic (exact) mass is 369 g/mol. The number of thiophene rings is 1. The Labute approximate surface area is 155 Å². The third kappa shape index (κ3) is 3.39. The molecule has 7 heteroatoms. The minimum Gasteiger partial charge on any atom is -0.448 e. The molecule has 3 aromatic rings. The third-order valence-corrected chi connectivity index (χ3v) is 5.74. The molecule has 0 bridgehead atoms. The maximum atomic E-state index is 12.5. The van der Waals surface area contributed by atoms with E-state index in [0.29, 0.717) is 16.6 Å². The topological polar surface area (TPSA) is 78.1 Å². The second-order valence-corrected chi connectivity index (χ2v) is 7.79. The van der Waals surface area contributed by atoms with E-state index in [9.17, 15) is 4.79 Å². The molecule has 0 amide bonds. The Kier molecular flexibility index (Phi) is 4.55. The Balaban J connectivity index is 1.46. The van der Waals surface area contributed by atoms with E-state index in [1.54, 1.807) is 25.4 Å². The Hall–Kier alpha value is -2.54. The first kappa shape index (κ1) is 16.9. The van der Waals surface area contributed by atoms with Crippen LogP contribution in [0, 0.1) is 5.92 Å². The molecule has 134 valence electrons. The van der Waals surface area contributed by atoms with Crippen LogP contribution in [0.2, 0.25) is 0 Å². The molecule has 3 heterocycles. The molecule has 26 heavy (non-hydrogen) atoms. The summed E-state index contributed by atoms with van der Waals surface area (Å²) in [4.78, 5) is 22.8. The molecular weight excluding hydrogens is 350 g/mol. The van der Waals surface area contributed by atoms with Gasteiger partial charge in [-0.3, -0.25) is 4.98 Å². The number of carbonyl (C=O) groups is 1. The lowest BCUT2D eigenvalue weighted by molar-refractivity contribution is 0.0271. The fourth-order valence-electron chi connectivity index (χ4n) is 3.09. The predicted octanol–water partition coefficient (Wildman–Crippen LogP) is 4.24. The van der Waals surface area contributed by atoms with Gasteiger partial charge < -0.3 is 9.26 Å². The van der Waals surface area contributed by atoms with E-state index in [4.69, 9.17) is 9.26 Å². The molecule has 6 nitrogen and oxygen atoms in total. The zero-order valence-corrected chi connectivity index (χ0v) is 15.5. The lowest BCUT2D eigenvalue weighted by Gasteiger charge is -2.16. The summed E-state index contributed by atoms with van der Waals surface area (Å²) in [5.41, 5.74) is 2.03. The van der Waals surface area contributed by atoms with E-state index in [2.05, 4.69) is 22.0 Å². The number of hydrogen-bond acceptors (Lipinski definition) is 7. The highest BCUT2D eigenvalue weighted by molar-refractivity contribution is 7.14. The fraction of sp³-hybridized carbons (Fsp3) is 0.368. The smallest absolute Gasteiger partial charge is 0.349 e. The molecule has 4 rings (SSSR count). The number of aromatic nitrogens is 3. The second-order valence-electron chi connectivity index (χ2n) is 6.65. The largest absolute Gasteiger partial charge is 0.448 e. The molecule has 2 unspecified atom stereocenters. The van der Waals surface area contributed by atoms with Crippen molar-refractivity contribution in [1.29, 1.82) is 0 Å². The second kappa shape index (κ2) is 6.99. The molecule has 3 aromatic heterocycles. The summed E-state index contributed by atoms with van der Waals surface area (Å²) in [5, 5.41) is 3.93. The van der Waals surface area contributed by atoms with E-state index in [1.807, 2.05) is 12.1 Å². The van der Waals surface area contributed by atoms with Gasteiger partial charge in [0.15, 0.2) is 6.10 Å². The summed E-state index contributed by atoms with van der Waals surface area (Å²) in [6, 6.07) is 5.61. The average molecular weight is 369 g/mol. The van der Waals surface area contributed by atoms with Gasteiger partial charge in [-0.25, -0.2) is 4.79 Å². The molecule has 0 fully saturated rings. The lowest BCUT2D eigenvalue weighted by atomic mass is 9.90. The highest BCUT2D eigenvalue weighted by atomic mass is 32.1. The van der Waals surface area contributed by atoms with E-state index >= 15 is 0 Å². The Bertz CT molecular complexity index is 919. The number of fused-ring (bicyclic) bond motifs is 1. The first-order chi connectivity index (χ1) is 12.6. The molecule has 0 radical (unpaired) electrons. The van der Waals surface area contributed by atoms with E-state index in [0.717, 1.165) is 18.4 Å². The number of hydrogen-bond donors (Lipinski definition) is 0. The van der Waals surface area contributed by atoms with Crippen LogP contribution in [0.15, 0.2) is 35.1 Å². The number of esters is 1. The van der Waals surface area contributed by atoms with Gasteiger partial charge in [0, 0.05) is 22.8 Å². The van der Waals surface area contributed by atoms with Crippen LogP contribution in [0.3, 0.4) is 0 Å². The van der Waals surface area contributed by atoms with Crippen LogP contribution in [0.4, 0.5) is 0 Å². The first-order valence-electron chi connectivity index (χ1n) is 8.66. The van der Waals surface area contributed by atoms with Crippen LogP contribution in [0.25, 0.3) is 11.4 Å². The zero-order valence-electron chi connectivity index (χ0n) is 14.6. The highest BCUT2D eigenvalue weighted by Gasteiger charge is 2.24. The predicted molar refractivity (Wildman–Crippen MR) is 96.9 cm³/mol. The van der Waals surface area contributed by atoms with Crippen molar-refractivity contribution >= 4 is 17.3 Å². The summed E-state index contributed by atoms with van der Waals surface area (Å²) in [5.74, 6) is 1.03. The van der Waals surface area contributed by atoms with Crippen LogP contribution in [0.1, 0.15) is 52.4 Å². The van der Waals surface area contributed by atoms with E-state index < -0.39 is 6.10 Å². The number of aryl methyl sites for hydroxylation is 1. The number of rotatable bonds is 4. The molecule has 0 spiro atoms. The van der Waals surface area contributed by atoms with Crippen molar-refractivity contribution in [2.45, 2.75) is 39.2 Å². The van der Waals surface area contributed by atoms with Crippen molar-refractivity contribution in [3.8, 4) is 11.4 Å². The molecule has 0 saturated heterocycles. The number of carbonyl (C=O) groups excluding carboxylic acids is 1. The van der Waals surface area contributed by atoms with Crippen molar-refractivity contribution < 1.29 is 14.1 Å². The summed E-state index contributed by atoms with van der Waals surface area (Å²) < 4.78 is 10.8. The van der Waals surface area contributed by atoms with Gasteiger partial charge in [0.1, 0.15) is 4.88 Å². The Morgan fingerprint density at radius 3 is 3.15 bits per heavy atom. The maximum absolute atomic E-state index is 12.5. The SMILES string of the molecule is CC1CCc2sc(C(=O)OC(C)c3nc(-c4cccnc4)no3)cc2C1. The quantitative estimate of drug-likeness (QED) is 0.640. The van der Waals surface area contributed by atoms with Crippen LogP contribution in [-0.4, -0.2) is 21.1 Å². The lowest BCUT2D eigenvalue weighted by Crippen LogP contribution is -2.08. The van der Waals surface area contributed by atoms with Gasteiger partial charge in [-0.2, -0.15) is 4.98 Å². The average Bonchev–Trinajstić information content (AvgIpc) is 3.29. The summed E-state index contributed by atoms with van der Waals surface area (Å²) in [6.07, 6.45) is 5.98. The van der Waals surface area contributed by atoms with Gasteiger partial charge in [-0.05, 0) is 55.9 Å². The molecule has 2 atom stereocenters. The number of pyridine rings is 1. The van der Waals surface area contributed by atoms with Gasteiger partial charge in [0.25, 0.3) is 5.89 Å². The van der Waals surface area contributed by atoms with Crippen molar-refractivity contribution in [3.05, 3.63) is 51.8 Å². The van der Waals surface area contributed by atoms with Crippen LogP contribution in [0.5, 0.6) is 0 Å². The van der Waals surface area contributed by atoms with E-state index in [-0.39, 0.29) is 11.9 Å². The first-order valence-corrected chi connectivity index (χ1v) is 9.48. The van der Waals surface area contributed by atoms with Gasteiger partial charge >= 0.3 is 5.97 Å². The van der Waals surface area contributed by atoms with Crippen molar-refractivity contribution in [3.63, 3.8) is 0 Å². The maximum Gasteiger partial charge on any atom is 0.349 e. The van der Waals surface area contributed by atoms with Gasteiger partial charge in [-0.1, -0.05) is 12.1 Å². The van der Waals surface area contributed by atoms with Crippen LogP contribution in [-0.2, 0) is 17.6 Å². The molecule has 0 aliphatic heterocycles. The zero-order chi connectivity index (χ0) is 18.1. The fourth-order valence-corrected chi connectivity index (χ4v) is 4.18. The summed E-state index contributed by atoms with van der Waals surface area (Å²) in [7, 11) is 0. The number of nitrogens with zero attached hydrogens (tertiary/aromatic N) is 3. The van der Waals surface area contributed by atoms with Crippen molar-refractivity contribution in [1.82, 2.24) is 15.1 Å². The van der Waals surface area contributed by atoms with Crippen molar-refractivity contribution in [2.24, 2.45) is 5.92 Å². The summed E-state index contributed by atoms with van der Waals surface area (Å²) in [6.45, 7) is 3.98. The molecule has 0 aromatic carbocycles. The summed E-state index contributed by atoms with van der Waals surface area (Å²) >= 11 is 1.54. The van der Waals surface area contributed by atoms with Crippen molar-refractivity contribution in [2.75, 3.05) is 0 Å². The molecular formula is C19H19N3O3S. The third-order valence-electron chi connectivity index (χ3n) is 4.52. The normalized spacial score (nSPS) is 17.5. The Morgan fingerprint density at radius 1 is 1.46 bits per heavy atom. The van der Waals surface area contributed by atoms with E-state index in [1.165, 1.54) is 28.2 Å². The van der Waals surface area contributed by atoms with Gasteiger partial charge in [0.05, 0.1) is 0 Å². The standard InChI is InChI=1S/C19H19N3O3S/c1-11-5-6-15-14(8-11)9-16(26-15)19(23)24-12(2)18-21-17(22-25-18)13-4-3-7-20-10-13/h3-4,7,9-12H,5-6,8H2,1-2H3. The minimum absolute atomic E-state index is 0.271. The van der Waals surface area contributed by atoms with Gasteiger partial charge in [0.2, 0.25) is 5.82 Å². The molecule has 1 aliphatic carbocycles. The highest BCUT2D eigenvalue weighted by Crippen LogP contribution is 2.33. The van der Waals surface area contributed by atoms with Gasteiger partial charge in [-0.15, -0.1) is 11.3 Å². The molecule has 0 N–H and O–H groups in total.